The molecule has 2 aromatic rings. The number of pyridine rings is 1. The SMILES string of the molecule is Cc1cc(C)c(C#N)c(SCCCN2CCN(c3ccc(C#N)c4c3OCCO4)CC2)n1. The minimum absolute atomic E-state index is 0.477. The average molecular weight is 450 g/mol. The molecule has 166 valence electrons. The van der Waals surface area contributed by atoms with E-state index in [9.17, 15) is 10.5 Å². The summed E-state index contributed by atoms with van der Waals surface area (Å²) in [5.41, 5.74) is 4.19. The van der Waals surface area contributed by atoms with Gasteiger partial charge in [0.25, 0.3) is 0 Å². The molecule has 2 aliphatic rings. The zero-order valence-corrected chi connectivity index (χ0v) is 19.4. The molecule has 0 unspecified atom stereocenters. The van der Waals surface area contributed by atoms with Crippen molar-refractivity contribution in [1.82, 2.24) is 9.88 Å². The Kier molecular flexibility index (Phi) is 7.04. The van der Waals surface area contributed by atoms with E-state index in [0.29, 0.717) is 35.8 Å². The average Bonchev–Trinajstić information content (AvgIpc) is 2.81. The fourth-order valence-corrected chi connectivity index (χ4v) is 5.20. The number of piperazine rings is 1. The van der Waals surface area contributed by atoms with E-state index in [-0.39, 0.29) is 0 Å². The summed E-state index contributed by atoms with van der Waals surface area (Å²) in [4.78, 5) is 9.35. The van der Waals surface area contributed by atoms with Gasteiger partial charge in [-0.05, 0) is 50.6 Å². The molecule has 2 aliphatic heterocycles. The molecular weight excluding hydrogens is 422 g/mol. The van der Waals surface area contributed by atoms with Crippen LogP contribution >= 0.6 is 11.8 Å². The third-order valence-electron chi connectivity index (χ3n) is 5.78. The van der Waals surface area contributed by atoms with Crippen molar-refractivity contribution in [2.45, 2.75) is 25.3 Å². The van der Waals surface area contributed by atoms with Crippen LogP contribution in [-0.4, -0.2) is 61.6 Å². The molecule has 1 aromatic heterocycles. The van der Waals surface area contributed by atoms with Crippen molar-refractivity contribution in [3.8, 4) is 23.6 Å². The van der Waals surface area contributed by atoms with Gasteiger partial charge in [-0.3, -0.25) is 4.90 Å². The highest BCUT2D eigenvalue weighted by molar-refractivity contribution is 7.99. The first kappa shape index (κ1) is 22.3. The maximum absolute atomic E-state index is 9.42. The first-order chi connectivity index (χ1) is 15.6. The van der Waals surface area contributed by atoms with Crippen LogP contribution in [-0.2, 0) is 0 Å². The van der Waals surface area contributed by atoms with E-state index in [4.69, 9.17) is 9.47 Å². The first-order valence-electron chi connectivity index (χ1n) is 10.9. The molecule has 7 nitrogen and oxygen atoms in total. The number of ether oxygens (including phenoxy) is 2. The van der Waals surface area contributed by atoms with Crippen LogP contribution in [0.4, 0.5) is 5.69 Å². The van der Waals surface area contributed by atoms with Gasteiger partial charge in [-0.1, -0.05) is 0 Å². The third-order valence-corrected chi connectivity index (χ3v) is 6.84. The molecule has 0 atom stereocenters. The number of aryl methyl sites for hydroxylation is 2. The fraction of sp³-hybridized carbons (Fsp3) is 0.458. The number of anilines is 1. The van der Waals surface area contributed by atoms with Crippen molar-refractivity contribution in [2.24, 2.45) is 0 Å². The van der Waals surface area contributed by atoms with Crippen LogP contribution < -0.4 is 14.4 Å². The highest BCUT2D eigenvalue weighted by Crippen LogP contribution is 2.42. The van der Waals surface area contributed by atoms with Crippen molar-refractivity contribution in [1.29, 1.82) is 10.5 Å². The molecule has 1 saturated heterocycles. The predicted molar refractivity (Wildman–Crippen MR) is 125 cm³/mol. The highest BCUT2D eigenvalue weighted by Gasteiger charge is 2.25. The minimum Gasteiger partial charge on any atom is -0.485 e. The molecular formula is C24H27N5O2S. The number of benzene rings is 1. The van der Waals surface area contributed by atoms with E-state index in [0.717, 1.165) is 66.9 Å². The summed E-state index contributed by atoms with van der Waals surface area (Å²) >= 11 is 1.68. The van der Waals surface area contributed by atoms with Crippen LogP contribution in [0.3, 0.4) is 0 Å². The number of rotatable bonds is 6. The molecule has 0 bridgehead atoms. The van der Waals surface area contributed by atoms with Crippen LogP contribution in [0.2, 0.25) is 0 Å². The van der Waals surface area contributed by atoms with Gasteiger partial charge in [0.1, 0.15) is 30.4 Å². The lowest BCUT2D eigenvalue weighted by Crippen LogP contribution is -2.47. The van der Waals surface area contributed by atoms with Gasteiger partial charge in [-0.2, -0.15) is 10.5 Å². The first-order valence-corrected chi connectivity index (χ1v) is 11.9. The van der Waals surface area contributed by atoms with E-state index >= 15 is 0 Å². The second-order valence-electron chi connectivity index (χ2n) is 8.00. The summed E-state index contributed by atoms with van der Waals surface area (Å²) in [5.74, 6) is 2.22. The normalized spacial score (nSPS) is 15.8. The number of thioether (sulfide) groups is 1. The third kappa shape index (κ3) is 4.77. The van der Waals surface area contributed by atoms with E-state index in [1.54, 1.807) is 11.8 Å². The molecule has 0 amide bonds. The summed E-state index contributed by atoms with van der Waals surface area (Å²) in [6, 6.07) is 10.2. The van der Waals surface area contributed by atoms with Crippen LogP contribution in [0, 0.1) is 36.5 Å². The number of nitrogens with zero attached hydrogens (tertiary/aromatic N) is 5. The minimum atomic E-state index is 0.477. The van der Waals surface area contributed by atoms with Gasteiger partial charge in [-0.25, -0.2) is 4.98 Å². The fourth-order valence-electron chi connectivity index (χ4n) is 4.17. The molecule has 1 fully saturated rings. The lowest BCUT2D eigenvalue weighted by Gasteiger charge is -2.37. The van der Waals surface area contributed by atoms with E-state index in [2.05, 4.69) is 26.9 Å². The predicted octanol–water partition coefficient (Wildman–Crippen LogP) is 3.52. The topological polar surface area (TPSA) is 85.4 Å². The maximum atomic E-state index is 9.42. The molecule has 0 N–H and O–H groups in total. The van der Waals surface area contributed by atoms with Gasteiger partial charge in [0.15, 0.2) is 11.5 Å². The largest absolute Gasteiger partial charge is 0.485 e. The molecule has 0 spiro atoms. The lowest BCUT2D eigenvalue weighted by molar-refractivity contribution is 0.171. The second kappa shape index (κ2) is 10.1. The van der Waals surface area contributed by atoms with Crippen molar-refractivity contribution < 1.29 is 9.47 Å². The van der Waals surface area contributed by atoms with Crippen LogP contribution in [0.25, 0.3) is 0 Å². The Hall–Kier alpha value is -2.94. The lowest BCUT2D eigenvalue weighted by atomic mass is 10.1. The molecule has 0 aliphatic carbocycles. The summed E-state index contributed by atoms with van der Waals surface area (Å²) < 4.78 is 11.6. The summed E-state index contributed by atoms with van der Waals surface area (Å²) in [7, 11) is 0. The number of aromatic nitrogens is 1. The van der Waals surface area contributed by atoms with Gasteiger partial charge in [0.2, 0.25) is 0 Å². The zero-order chi connectivity index (χ0) is 22.5. The summed E-state index contributed by atoms with van der Waals surface area (Å²) in [6.07, 6.45) is 1.05. The van der Waals surface area contributed by atoms with Gasteiger partial charge < -0.3 is 14.4 Å². The van der Waals surface area contributed by atoms with Gasteiger partial charge >= 0.3 is 0 Å². The molecule has 4 rings (SSSR count). The Balaban J connectivity index is 1.29. The Morgan fingerprint density at radius 2 is 1.78 bits per heavy atom. The van der Waals surface area contributed by atoms with Crippen LogP contribution in [0.15, 0.2) is 23.2 Å². The Bertz CT molecular complexity index is 1070. The van der Waals surface area contributed by atoms with Gasteiger partial charge in [0.05, 0.1) is 16.8 Å². The number of fused-ring (bicyclic) bond motifs is 1. The van der Waals surface area contributed by atoms with Crippen molar-refractivity contribution in [3.63, 3.8) is 0 Å². The Morgan fingerprint density at radius 3 is 2.50 bits per heavy atom. The Morgan fingerprint density at radius 1 is 1.03 bits per heavy atom. The molecule has 0 radical (unpaired) electrons. The van der Waals surface area contributed by atoms with Crippen LogP contribution in [0.5, 0.6) is 11.5 Å². The van der Waals surface area contributed by atoms with Crippen molar-refractivity contribution in [3.05, 3.63) is 40.6 Å². The molecule has 3 heterocycles. The number of hydrogen-bond acceptors (Lipinski definition) is 8. The maximum Gasteiger partial charge on any atom is 0.186 e. The van der Waals surface area contributed by atoms with Gasteiger partial charge in [0, 0.05) is 37.6 Å². The van der Waals surface area contributed by atoms with Crippen molar-refractivity contribution >= 4 is 17.4 Å². The van der Waals surface area contributed by atoms with E-state index in [1.807, 2.05) is 32.0 Å². The molecule has 0 saturated carbocycles. The summed E-state index contributed by atoms with van der Waals surface area (Å²) in [5, 5.41) is 19.6. The highest BCUT2D eigenvalue weighted by atomic mass is 32.2. The molecule has 8 heteroatoms. The zero-order valence-electron chi connectivity index (χ0n) is 18.6. The number of hydrogen-bond donors (Lipinski definition) is 0. The van der Waals surface area contributed by atoms with E-state index in [1.165, 1.54) is 0 Å². The monoisotopic (exact) mass is 449 g/mol. The standard InChI is InChI=1S/C24H27N5O2S/c1-17-14-18(2)27-24(20(17)16-26)32-13-3-6-28-7-9-29(10-8-28)21-5-4-19(15-25)22-23(21)31-12-11-30-22/h4-5,14H,3,6-13H2,1-2H3. The quantitative estimate of drug-likeness (QED) is 0.489. The van der Waals surface area contributed by atoms with Crippen molar-refractivity contribution in [2.75, 3.05) is 56.6 Å². The second-order valence-corrected chi connectivity index (χ2v) is 9.09. The molecule has 32 heavy (non-hydrogen) atoms. The number of nitriles is 2. The van der Waals surface area contributed by atoms with Crippen LogP contribution in [0.1, 0.15) is 28.8 Å². The van der Waals surface area contributed by atoms with E-state index < -0.39 is 0 Å². The molecule has 1 aromatic carbocycles. The van der Waals surface area contributed by atoms with Gasteiger partial charge in [-0.15, -0.1) is 11.8 Å². The summed E-state index contributed by atoms with van der Waals surface area (Å²) in [6.45, 7) is 9.73. The smallest absolute Gasteiger partial charge is 0.186 e. The Labute approximate surface area is 193 Å².